The average Bonchev–Trinajstić information content (AvgIpc) is 2.98. The number of hydrogen-bond donors (Lipinski definition) is 1. The molecule has 1 aliphatic carbocycles. The molecule has 0 bridgehead atoms. The highest BCUT2D eigenvalue weighted by Crippen LogP contribution is 2.31. The molecule has 0 radical (unpaired) electrons. The van der Waals surface area contributed by atoms with E-state index in [0.717, 1.165) is 38.2 Å². The second-order valence-corrected chi connectivity index (χ2v) is 7.51. The van der Waals surface area contributed by atoms with Crippen LogP contribution in [0, 0.1) is 6.92 Å². The summed E-state index contributed by atoms with van der Waals surface area (Å²) in [5.74, 6) is 1.56. The normalized spacial score (nSPS) is 17.2. The molecule has 0 spiro atoms. The van der Waals surface area contributed by atoms with Gasteiger partial charge >= 0.3 is 0 Å². The Bertz CT molecular complexity index is 555. The SMILES string of the molecule is CCN(CC)Cc1cc(C(=O)NCC2(N(C)C)CCCCC2)c(C)o1. The zero-order valence-corrected chi connectivity index (χ0v) is 16.7. The number of nitrogens with one attached hydrogen (secondary N) is 1. The molecule has 0 unspecified atom stereocenters. The van der Waals surface area contributed by atoms with Gasteiger partial charge in [-0.05, 0) is 53.0 Å². The first-order chi connectivity index (χ1) is 11.9. The maximum atomic E-state index is 12.7. The van der Waals surface area contributed by atoms with Crippen LogP contribution in [-0.4, -0.2) is 55.0 Å². The first kappa shape index (κ1) is 20.0. The molecule has 5 heteroatoms. The lowest BCUT2D eigenvalue weighted by molar-refractivity contribution is 0.0798. The van der Waals surface area contributed by atoms with Crippen LogP contribution >= 0.6 is 0 Å². The Kier molecular flexibility index (Phi) is 7.08. The van der Waals surface area contributed by atoms with Gasteiger partial charge in [-0.2, -0.15) is 0 Å². The van der Waals surface area contributed by atoms with Crippen LogP contribution in [-0.2, 0) is 6.54 Å². The van der Waals surface area contributed by atoms with Crippen molar-refractivity contribution in [3.8, 4) is 0 Å². The molecule has 0 atom stereocenters. The molecular formula is C20H35N3O2. The number of furan rings is 1. The summed E-state index contributed by atoms with van der Waals surface area (Å²) in [6.07, 6.45) is 6.09. The molecule has 142 valence electrons. The second kappa shape index (κ2) is 8.86. The topological polar surface area (TPSA) is 48.7 Å². The number of carbonyl (C=O) groups excluding carboxylic acids is 1. The van der Waals surface area contributed by atoms with E-state index in [0.29, 0.717) is 17.9 Å². The second-order valence-electron chi connectivity index (χ2n) is 7.51. The van der Waals surface area contributed by atoms with Crippen LogP contribution in [0.4, 0.5) is 0 Å². The number of carbonyl (C=O) groups is 1. The summed E-state index contributed by atoms with van der Waals surface area (Å²) in [6.45, 7) is 9.56. The van der Waals surface area contributed by atoms with Crippen molar-refractivity contribution in [3.05, 3.63) is 23.2 Å². The molecule has 25 heavy (non-hydrogen) atoms. The Morgan fingerprint density at radius 2 is 1.84 bits per heavy atom. The first-order valence-corrected chi connectivity index (χ1v) is 9.69. The van der Waals surface area contributed by atoms with Gasteiger partial charge in [-0.15, -0.1) is 0 Å². The monoisotopic (exact) mass is 349 g/mol. The van der Waals surface area contributed by atoms with E-state index in [2.05, 4.69) is 43.1 Å². The van der Waals surface area contributed by atoms with Crippen molar-refractivity contribution in [1.29, 1.82) is 0 Å². The fourth-order valence-corrected chi connectivity index (χ4v) is 3.85. The van der Waals surface area contributed by atoms with E-state index in [9.17, 15) is 4.79 Å². The molecular weight excluding hydrogens is 314 g/mol. The number of aryl methyl sites for hydroxylation is 1. The predicted molar refractivity (Wildman–Crippen MR) is 102 cm³/mol. The molecule has 0 aromatic carbocycles. The third kappa shape index (κ3) is 4.85. The zero-order chi connectivity index (χ0) is 18.4. The van der Waals surface area contributed by atoms with Crippen LogP contribution in [0.5, 0.6) is 0 Å². The Morgan fingerprint density at radius 1 is 1.20 bits per heavy atom. The first-order valence-electron chi connectivity index (χ1n) is 9.69. The Hall–Kier alpha value is -1.33. The van der Waals surface area contributed by atoms with Crippen LogP contribution in [0.25, 0.3) is 0 Å². The smallest absolute Gasteiger partial charge is 0.254 e. The number of likely N-dealkylation sites (N-methyl/N-ethyl adjacent to an activating group) is 1. The molecule has 1 N–H and O–H groups in total. The molecule has 1 fully saturated rings. The van der Waals surface area contributed by atoms with Crippen molar-refractivity contribution < 1.29 is 9.21 Å². The molecule has 1 heterocycles. The molecule has 1 amide bonds. The minimum absolute atomic E-state index is 0.0150. The van der Waals surface area contributed by atoms with E-state index < -0.39 is 0 Å². The molecule has 1 aromatic heterocycles. The van der Waals surface area contributed by atoms with Gasteiger partial charge < -0.3 is 14.6 Å². The van der Waals surface area contributed by atoms with Gasteiger partial charge in [-0.25, -0.2) is 0 Å². The van der Waals surface area contributed by atoms with Crippen molar-refractivity contribution in [2.24, 2.45) is 0 Å². The summed E-state index contributed by atoms with van der Waals surface area (Å²) >= 11 is 0. The Labute approximate surface area is 152 Å². The van der Waals surface area contributed by atoms with Crippen LogP contribution in [0.1, 0.15) is 67.8 Å². The van der Waals surface area contributed by atoms with E-state index in [1.807, 2.05) is 13.0 Å². The van der Waals surface area contributed by atoms with Crippen molar-refractivity contribution >= 4 is 5.91 Å². The van der Waals surface area contributed by atoms with Crippen molar-refractivity contribution in [1.82, 2.24) is 15.1 Å². The van der Waals surface area contributed by atoms with Crippen molar-refractivity contribution in [2.45, 2.75) is 65.0 Å². The molecule has 5 nitrogen and oxygen atoms in total. The molecule has 0 saturated heterocycles. The van der Waals surface area contributed by atoms with E-state index in [1.54, 1.807) is 0 Å². The van der Waals surface area contributed by atoms with Gasteiger partial charge in [0.2, 0.25) is 0 Å². The molecule has 1 saturated carbocycles. The van der Waals surface area contributed by atoms with Gasteiger partial charge in [0.1, 0.15) is 11.5 Å². The summed E-state index contributed by atoms with van der Waals surface area (Å²) in [5.41, 5.74) is 0.766. The number of rotatable bonds is 8. The minimum atomic E-state index is -0.0150. The Morgan fingerprint density at radius 3 is 2.40 bits per heavy atom. The number of nitrogens with zero attached hydrogens (tertiary/aromatic N) is 2. The molecule has 2 rings (SSSR count). The largest absolute Gasteiger partial charge is 0.464 e. The van der Waals surface area contributed by atoms with Crippen LogP contribution in [0.15, 0.2) is 10.5 Å². The number of amides is 1. The summed E-state index contributed by atoms with van der Waals surface area (Å²) in [4.78, 5) is 17.3. The molecule has 1 aliphatic rings. The van der Waals surface area contributed by atoms with Crippen molar-refractivity contribution in [2.75, 3.05) is 33.7 Å². The lowest BCUT2D eigenvalue weighted by Crippen LogP contribution is -2.53. The third-order valence-electron chi connectivity index (χ3n) is 5.80. The van der Waals surface area contributed by atoms with E-state index in [-0.39, 0.29) is 11.4 Å². The third-order valence-corrected chi connectivity index (χ3v) is 5.80. The van der Waals surface area contributed by atoms with Gasteiger partial charge in [-0.3, -0.25) is 9.69 Å². The maximum Gasteiger partial charge on any atom is 0.254 e. The summed E-state index contributed by atoms with van der Waals surface area (Å²) in [6, 6.07) is 1.91. The average molecular weight is 350 g/mol. The van der Waals surface area contributed by atoms with Gasteiger partial charge in [-0.1, -0.05) is 33.1 Å². The summed E-state index contributed by atoms with van der Waals surface area (Å²) < 4.78 is 5.82. The summed E-state index contributed by atoms with van der Waals surface area (Å²) in [5, 5.41) is 3.17. The highest BCUT2D eigenvalue weighted by atomic mass is 16.3. The lowest BCUT2D eigenvalue weighted by atomic mass is 9.80. The highest BCUT2D eigenvalue weighted by molar-refractivity contribution is 5.95. The van der Waals surface area contributed by atoms with Crippen LogP contribution in [0.3, 0.4) is 0 Å². The van der Waals surface area contributed by atoms with E-state index in [4.69, 9.17) is 4.42 Å². The van der Waals surface area contributed by atoms with E-state index >= 15 is 0 Å². The Balaban J connectivity index is 2.01. The van der Waals surface area contributed by atoms with Gasteiger partial charge in [0.15, 0.2) is 0 Å². The quantitative estimate of drug-likeness (QED) is 0.781. The zero-order valence-electron chi connectivity index (χ0n) is 16.7. The molecule has 0 aliphatic heterocycles. The fourth-order valence-electron chi connectivity index (χ4n) is 3.85. The van der Waals surface area contributed by atoms with Crippen LogP contribution in [0.2, 0.25) is 0 Å². The lowest BCUT2D eigenvalue weighted by Gasteiger charge is -2.43. The fraction of sp³-hybridized carbons (Fsp3) is 0.750. The van der Waals surface area contributed by atoms with Gasteiger partial charge in [0.05, 0.1) is 12.1 Å². The molecule has 1 aromatic rings. The minimum Gasteiger partial charge on any atom is -0.464 e. The highest BCUT2D eigenvalue weighted by Gasteiger charge is 2.34. The van der Waals surface area contributed by atoms with Gasteiger partial charge in [0.25, 0.3) is 5.91 Å². The van der Waals surface area contributed by atoms with Crippen LogP contribution < -0.4 is 5.32 Å². The number of hydrogen-bond acceptors (Lipinski definition) is 4. The summed E-state index contributed by atoms with van der Waals surface area (Å²) in [7, 11) is 4.26. The maximum absolute atomic E-state index is 12.7. The standard InChI is InChI=1S/C20H35N3O2/c1-6-23(7-2)14-17-13-18(16(3)25-17)19(24)21-15-20(22(4)5)11-9-8-10-12-20/h13H,6-12,14-15H2,1-5H3,(H,21,24). The van der Waals surface area contributed by atoms with Gasteiger partial charge in [0, 0.05) is 12.1 Å². The predicted octanol–water partition coefficient (Wildman–Crippen LogP) is 3.42. The van der Waals surface area contributed by atoms with Crippen molar-refractivity contribution in [3.63, 3.8) is 0 Å². The van der Waals surface area contributed by atoms with E-state index in [1.165, 1.54) is 19.3 Å².